The summed E-state index contributed by atoms with van der Waals surface area (Å²) >= 11 is 0. The summed E-state index contributed by atoms with van der Waals surface area (Å²) in [5, 5.41) is 6.89. The Labute approximate surface area is 282 Å². The molecule has 0 fully saturated rings. The smallest absolute Gasteiger partial charge is 0.143 e. The molecule has 3 heteroatoms. The zero-order chi connectivity index (χ0) is 32.3. The van der Waals surface area contributed by atoms with Crippen LogP contribution >= 0.6 is 0 Å². The van der Waals surface area contributed by atoms with E-state index in [0.717, 1.165) is 88.6 Å². The third kappa shape index (κ3) is 4.51. The van der Waals surface area contributed by atoms with Crippen LogP contribution in [-0.2, 0) is 0 Å². The minimum absolute atomic E-state index is 0.900. The van der Waals surface area contributed by atoms with Crippen molar-refractivity contribution in [1.29, 1.82) is 0 Å². The molecule has 0 aliphatic heterocycles. The summed E-state index contributed by atoms with van der Waals surface area (Å²) in [6, 6.07) is 61.9. The van der Waals surface area contributed by atoms with Gasteiger partial charge in [0, 0.05) is 49.6 Å². The van der Waals surface area contributed by atoms with Crippen molar-refractivity contribution in [3.05, 3.63) is 176 Å². The van der Waals surface area contributed by atoms with Crippen LogP contribution in [0, 0.1) is 0 Å². The molecule has 0 N–H and O–H groups in total. The van der Waals surface area contributed by atoms with Crippen molar-refractivity contribution in [2.75, 3.05) is 4.90 Å². The number of furan rings is 2. The fourth-order valence-electron chi connectivity index (χ4n) is 7.28. The van der Waals surface area contributed by atoms with Crippen molar-refractivity contribution < 1.29 is 8.83 Å². The Hall–Kier alpha value is -6.58. The van der Waals surface area contributed by atoms with Crippen LogP contribution in [0.2, 0.25) is 0 Å². The van der Waals surface area contributed by atoms with E-state index in [1.54, 1.807) is 0 Å². The second-order valence-corrected chi connectivity index (χ2v) is 12.5. The first kappa shape index (κ1) is 27.5. The van der Waals surface area contributed by atoms with E-state index >= 15 is 0 Å². The lowest BCUT2D eigenvalue weighted by Crippen LogP contribution is -2.09. The van der Waals surface area contributed by atoms with Crippen molar-refractivity contribution in [2.45, 2.75) is 0 Å². The van der Waals surface area contributed by atoms with Crippen LogP contribution in [0.5, 0.6) is 0 Å². The van der Waals surface area contributed by atoms with Crippen LogP contribution in [-0.4, -0.2) is 0 Å². The topological polar surface area (TPSA) is 29.5 Å². The fraction of sp³-hybridized carbons (Fsp3) is 0. The molecule has 230 valence electrons. The molecule has 0 atom stereocenters. The maximum atomic E-state index is 6.47. The number of anilines is 3. The minimum Gasteiger partial charge on any atom is -0.455 e. The summed E-state index contributed by atoms with van der Waals surface area (Å²) in [5.74, 6) is 0. The Kier molecular flexibility index (Phi) is 6.18. The molecule has 0 amide bonds. The molecule has 2 aromatic heterocycles. The monoisotopic (exact) mass is 627 g/mol. The first-order valence-corrected chi connectivity index (χ1v) is 16.6. The van der Waals surface area contributed by atoms with Gasteiger partial charge in [0.05, 0.1) is 0 Å². The van der Waals surface area contributed by atoms with Crippen molar-refractivity contribution in [3.63, 3.8) is 0 Å². The van der Waals surface area contributed by atoms with Crippen LogP contribution in [0.15, 0.2) is 185 Å². The lowest BCUT2D eigenvalue weighted by molar-refractivity contribution is 0.670. The second-order valence-electron chi connectivity index (χ2n) is 12.5. The molecule has 0 aliphatic carbocycles. The van der Waals surface area contributed by atoms with Gasteiger partial charge in [-0.15, -0.1) is 0 Å². The fourth-order valence-corrected chi connectivity index (χ4v) is 7.28. The highest BCUT2D eigenvalue weighted by Gasteiger charge is 2.16. The molecule has 8 aromatic carbocycles. The van der Waals surface area contributed by atoms with Crippen LogP contribution in [0.3, 0.4) is 0 Å². The summed E-state index contributed by atoms with van der Waals surface area (Å²) in [6.07, 6.45) is 0. The van der Waals surface area contributed by atoms with Gasteiger partial charge in [-0.3, -0.25) is 0 Å². The summed E-state index contributed by atoms with van der Waals surface area (Å²) in [6.45, 7) is 0. The largest absolute Gasteiger partial charge is 0.455 e. The third-order valence-electron chi connectivity index (χ3n) is 9.68. The van der Waals surface area contributed by atoms with E-state index < -0.39 is 0 Å². The van der Waals surface area contributed by atoms with Crippen molar-refractivity contribution in [1.82, 2.24) is 0 Å². The molecule has 0 unspecified atom stereocenters. The Morgan fingerprint density at radius 3 is 1.71 bits per heavy atom. The molecule has 49 heavy (non-hydrogen) atoms. The van der Waals surface area contributed by atoms with Crippen molar-refractivity contribution in [3.8, 4) is 22.3 Å². The van der Waals surface area contributed by atoms with Crippen LogP contribution < -0.4 is 4.90 Å². The highest BCUT2D eigenvalue weighted by atomic mass is 16.3. The summed E-state index contributed by atoms with van der Waals surface area (Å²) < 4.78 is 12.8. The van der Waals surface area contributed by atoms with Gasteiger partial charge in [0.25, 0.3) is 0 Å². The minimum atomic E-state index is 0.900. The highest BCUT2D eigenvalue weighted by Crippen LogP contribution is 2.40. The first-order valence-electron chi connectivity index (χ1n) is 16.6. The SMILES string of the molecule is c1ccc(N(c2ccc(-c3ccc4c(c3)oc3c5ccccc5ccc43)cc2)c2ccc(-c3cccc4c3oc3ccccc34)cc2)cc1. The number of hydrogen-bond acceptors (Lipinski definition) is 3. The van der Waals surface area contributed by atoms with Gasteiger partial charge in [0.1, 0.15) is 22.3 Å². The van der Waals surface area contributed by atoms with E-state index in [9.17, 15) is 0 Å². The molecule has 0 bridgehead atoms. The van der Waals surface area contributed by atoms with Gasteiger partial charge in [0.15, 0.2) is 0 Å². The molecule has 10 rings (SSSR count). The van der Waals surface area contributed by atoms with Gasteiger partial charge in [0.2, 0.25) is 0 Å². The molecule has 3 nitrogen and oxygen atoms in total. The Balaban J connectivity index is 1.01. The standard InChI is InChI=1S/C46H29NO2/c1-2-10-34(11-3-1)47(36-25-19-32(20-26-36)38-14-8-15-41-39-13-6-7-16-43(39)48-45(38)41)35-23-17-30(18-24-35)33-22-27-40-42-28-21-31-9-4-5-12-37(31)46(42)49-44(40)29-33/h1-29H. The number of para-hydroxylation sites is 3. The van der Waals surface area contributed by atoms with Crippen molar-refractivity contribution >= 4 is 71.7 Å². The Bertz CT molecular complexity index is 2810. The zero-order valence-electron chi connectivity index (χ0n) is 26.5. The average molecular weight is 628 g/mol. The van der Waals surface area contributed by atoms with E-state index in [4.69, 9.17) is 8.83 Å². The third-order valence-corrected chi connectivity index (χ3v) is 9.68. The normalized spacial score (nSPS) is 11.7. The molecule has 0 aliphatic rings. The number of fused-ring (bicyclic) bond motifs is 8. The van der Waals surface area contributed by atoms with Crippen molar-refractivity contribution in [2.24, 2.45) is 0 Å². The molecule has 0 saturated heterocycles. The summed E-state index contributed by atoms with van der Waals surface area (Å²) in [5.41, 5.74) is 11.4. The van der Waals surface area contributed by atoms with Gasteiger partial charge in [-0.05, 0) is 82.7 Å². The quantitative estimate of drug-likeness (QED) is 0.190. The summed E-state index contributed by atoms with van der Waals surface area (Å²) in [7, 11) is 0. The van der Waals surface area contributed by atoms with E-state index in [0.29, 0.717) is 0 Å². The van der Waals surface area contributed by atoms with E-state index in [1.165, 1.54) is 5.39 Å². The first-order chi connectivity index (χ1) is 24.3. The zero-order valence-corrected chi connectivity index (χ0v) is 26.5. The molecule has 0 radical (unpaired) electrons. The lowest BCUT2D eigenvalue weighted by atomic mass is 10.0. The molecular weight excluding hydrogens is 599 g/mol. The molecule has 2 heterocycles. The van der Waals surface area contributed by atoms with Crippen LogP contribution in [0.1, 0.15) is 0 Å². The van der Waals surface area contributed by atoms with E-state index in [-0.39, 0.29) is 0 Å². The predicted molar refractivity (Wildman–Crippen MR) is 204 cm³/mol. The summed E-state index contributed by atoms with van der Waals surface area (Å²) in [4.78, 5) is 2.29. The van der Waals surface area contributed by atoms with Crippen LogP contribution in [0.4, 0.5) is 17.1 Å². The lowest BCUT2D eigenvalue weighted by Gasteiger charge is -2.26. The molecular formula is C46H29NO2. The Morgan fingerprint density at radius 1 is 0.327 bits per heavy atom. The number of hydrogen-bond donors (Lipinski definition) is 0. The average Bonchev–Trinajstić information content (AvgIpc) is 3.74. The van der Waals surface area contributed by atoms with Gasteiger partial charge < -0.3 is 13.7 Å². The van der Waals surface area contributed by atoms with Gasteiger partial charge in [-0.25, -0.2) is 0 Å². The Morgan fingerprint density at radius 2 is 0.898 bits per heavy atom. The highest BCUT2D eigenvalue weighted by molar-refractivity contribution is 6.15. The van der Waals surface area contributed by atoms with Crippen LogP contribution in [0.25, 0.3) is 76.9 Å². The number of benzene rings is 8. The molecule has 0 saturated carbocycles. The van der Waals surface area contributed by atoms with E-state index in [1.807, 2.05) is 12.1 Å². The molecule has 0 spiro atoms. The maximum Gasteiger partial charge on any atom is 0.143 e. The van der Waals surface area contributed by atoms with Gasteiger partial charge in [-0.1, -0.05) is 115 Å². The van der Waals surface area contributed by atoms with Gasteiger partial charge >= 0.3 is 0 Å². The number of rotatable bonds is 5. The maximum absolute atomic E-state index is 6.47. The number of nitrogens with zero attached hydrogens (tertiary/aromatic N) is 1. The predicted octanol–water partition coefficient (Wildman–Crippen LogP) is 13.4. The van der Waals surface area contributed by atoms with Gasteiger partial charge in [-0.2, -0.15) is 0 Å². The second kappa shape index (κ2) is 11.0. The van der Waals surface area contributed by atoms with E-state index in [2.05, 4.69) is 169 Å². The molecule has 10 aromatic rings.